The number of anilines is 1. The second-order valence-electron chi connectivity index (χ2n) is 5.04. The van der Waals surface area contributed by atoms with Gasteiger partial charge in [0.15, 0.2) is 0 Å². The molecule has 4 nitrogen and oxygen atoms in total. The first-order valence-corrected chi connectivity index (χ1v) is 7.73. The maximum Gasteiger partial charge on any atom is 0.265 e. The minimum absolute atomic E-state index is 0.0696. The molecule has 108 valence electrons. The number of carbonyl (C=O) groups is 1. The topological polar surface area (TPSA) is 46.9 Å². The van der Waals surface area contributed by atoms with Crippen LogP contribution >= 0.6 is 11.3 Å². The molecule has 1 aromatic carbocycles. The molecule has 5 heteroatoms. The van der Waals surface area contributed by atoms with Crippen LogP contribution in [-0.2, 0) is 13.5 Å². The van der Waals surface area contributed by atoms with Gasteiger partial charge in [0.2, 0.25) is 0 Å². The predicted octanol–water partition coefficient (Wildman–Crippen LogP) is 3.76. The van der Waals surface area contributed by atoms with Crippen LogP contribution in [0.25, 0.3) is 10.2 Å². The maximum absolute atomic E-state index is 12.3. The molecular weight excluding hydrogens is 282 g/mol. The van der Waals surface area contributed by atoms with Gasteiger partial charge in [0.05, 0.1) is 10.6 Å². The van der Waals surface area contributed by atoms with Gasteiger partial charge in [-0.05, 0) is 37.1 Å². The molecule has 0 atom stereocenters. The fourth-order valence-corrected chi connectivity index (χ4v) is 3.35. The lowest BCUT2D eigenvalue weighted by molar-refractivity contribution is 0.103. The molecule has 3 rings (SSSR count). The summed E-state index contributed by atoms with van der Waals surface area (Å²) in [6.45, 7) is 4.07. The molecule has 21 heavy (non-hydrogen) atoms. The Balaban J connectivity index is 1.84. The van der Waals surface area contributed by atoms with E-state index in [9.17, 15) is 4.79 Å². The zero-order chi connectivity index (χ0) is 15.0. The third kappa shape index (κ3) is 2.56. The second kappa shape index (κ2) is 5.33. The zero-order valence-electron chi connectivity index (χ0n) is 12.3. The van der Waals surface area contributed by atoms with Crippen molar-refractivity contribution < 1.29 is 4.79 Å². The minimum atomic E-state index is -0.0696. The average Bonchev–Trinajstić information content (AvgIpc) is 3.02. The monoisotopic (exact) mass is 299 g/mol. The van der Waals surface area contributed by atoms with Crippen molar-refractivity contribution in [1.82, 2.24) is 9.78 Å². The molecule has 1 amide bonds. The summed E-state index contributed by atoms with van der Waals surface area (Å²) in [4.78, 5) is 14.1. The molecule has 0 radical (unpaired) electrons. The molecule has 0 aliphatic carbocycles. The highest BCUT2D eigenvalue weighted by Gasteiger charge is 2.15. The molecule has 0 unspecified atom stereocenters. The molecule has 0 bridgehead atoms. The molecular formula is C16H17N3OS. The Morgan fingerprint density at radius 3 is 2.67 bits per heavy atom. The first-order chi connectivity index (χ1) is 10.1. The van der Waals surface area contributed by atoms with E-state index in [4.69, 9.17) is 0 Å². The van der Waals surface area contributed by atoms with Gasteiger partial charge in [-0.2, -0.15) is 5.10 Å². The molecule has 0 aliphatic heterocycles. The molecule has 0 aliphatic rings. The fourth-order valence-electron chi connectivity index (χ4n) is 2.33. The molecule has 0 saturated carbocycles. The van der Waals surface area contributed by atoms with Gasteiger partial charge >= 0.3 is 0 Å². The normalized spacial score (nSPS) is 11.0. The van der Waals surface area contributed by atoms with Crippen molar-refractivity contribution in [3.05, 3.63) is 46.5 Å². The van der Waals surface area contributed by atoms with Crippen LogP contribution in [0.3, 0.4) is 0 Å². The largest absolute Gasteiger partial charge is 0.321 e. The highest BCUT2D eigenvalue weighted by molar-refractivity contribution is 7.20. The van der Waals surface area contributed by atoms with Crippen molar-refractivity contribution in [2.45, 2.75) is 20.3 Å². The number of rotatable bonds is 3. The number of carbonyl (C=O) groups excluding carboxylic acids is 1. The Hall–Kier alpha value is -2.14. The van der Waals surface area contributed by atoms with Crippen LogP contribution < -0.4 is 5.32 Å². The van der Waals surface area contributed by atoms with Crippen molar-refractivity contribution in [2.75, 3.05) is 5.32 Å². The standard InChI is InChI=1S/C16H17N3OS/c1-4-11-5-7-12(8-6-11)17-15(20)14-9-13-10(2)18-19(3)16(13)21-14/h5-9H,4H2,1-3H3,(H,17,20). The number of amides is 1. The van der Waals surface area contributed by atoms with E-state index in [0.717, 1.165) is 28.0 Å². The Morgan fingerprint density at radius 1 is 1.33 bits per heavy atom. The summed E-state index contributed by atoms with van der Waals surface area (Å²) in [5, 5.41) is 8.34. The molecule has 2 aromatic heterocycles. The lowest BCUT2D eigenvalue weighted by Crippen LogP contribution is -2.10. The Labute approximate surface area is 127 Å². The fraction of sp³-hybridized carbons (Fsp3) is 0.250. The van der Waals surface area contributed by atoms with Gasteiger partial charge in [0.25, 0.3) is 5.91 Å². The van der Waals surface area contributed by atoms with E-state index in [1.165, 1.54) is 16.9 Å². The van der Waals surface area contributed by atoms with Gasteiger partial charge in [-0.3, -0.25) is 9.48 Å². The van der Waals surface area contributed by atoms with Gasteiger partial charge in [-0.15, -0.1) is 11.3 Å². The van der Waals surface area contributed by atoms with E-state index in [1.54, 1.807) is 0 Å². The van der Waals surface area contributed by atoms with Gasteiger partial charge in [0, 0.05) is 18.1 Å². The van der Waals surface area contributed by atoms with Crippen LogP contribution in [0, 0.1) is 6.92 Å². The third-order valence-corrected chi connectivity index (χ3v) is 4.74. The first-order valence-electron chi connectivity index (χ1n) is 6.92. The number of aryl methyl sites for hydroxylation is 3. The van der Waals surface area contributed by atoms with Crippen LogP contribution in [0.4, 0.5) is 5.69 Å². The van der Waals surface area contributed by atoms with Crippen molar-refractivity contribution in [1.29, 1.82) is 0 Å². The number of nitrogens with one attached hydrogen (secondary N) is 1. The summed E-state index contributed by atoms with van der Waals surface area (Å²) in [6.07, 6.45) is 0.997. The summed E-state index contributed by atoms with van der Waals surface area (Å²) in [5.41, 5.74) is 3.04. The van der Waals surface area contributed by atoms with Crippen LogP contribution in [0.1, 0.15) is 27.9 Å². The highest BCUT2D eigenvalue weighted by Crippen LogP contribution is 2.28. The maximum atomic E-state index is 12.3. The Bertz CT molecular complexity index is 764. The van der Waals surface area contributed by atoms with E-state index in [2.05, 4.69) is 17.3 Å². The van der Waals surface area contributed by atoms with E-state index in [0.29, 0.717) is 4.88 Å². The van der Waals surface area contributed by atoms with Crippen LogP contribution in [-0.4, -0.2) is 15.7 Å². The van der Waals surface area contributed by atoms with Crippen LogP contribution in [0.15, 0.2) is 30.3 Å². The number of hydrogen-bond acceptors (Lipinski definition) is 3. The van der Waals surface area contributed by atoms with E-state index >= 15 is 0 Å². The van der Waals surface area contributed by atoms with Crippen LogP contribution in [0.2, 0.25) is 0 Å². The number of hydrogen-bond donors (Lipinski definition) is 1. The molecule has 2 heterocycles. The molecule has 1 N–H and O–H groups in total. The van der Waals surface area contributed by atoms with E-state index < -0.39 is 0 Å². The minimum Gasteiger partial charge on any atom is -0.321 e. The van der Waals surface area contributed by atoms with Gasteiger partial charge in [-0.25, -0.2) is 0 Å². The van der Waals surface area contributed by atoms with Crippen molar-refractivity contribution >= 4 is 33.1 Å². The summed E-state index contributed by atoms with van der Waals surface area (Å²) in [5.74, 6) is -0.0696. The van der Waals surface area contributed by atoms with Gasteiger partial charge in [0.1, 0.15) is 4.83 Å². The summed E-state index contributed by atoms with van der Waals surface area (Å²) >= 11 is 1.47. The first kappa shape index (κ1) is 13.8. The summed E-state index contributed by atoms with van der Waals surface area (Å²) in [6, 6.07) is 9.87. The number of fused-ring (bicyclic) bond motifs is 1. The summed E-state index contributed by atoms with van der Waals surface area (Å²) in [7, 11) is 1.90. The van der Waals surface area contributed by atoms with Crippen molar-refractivity contribution in [2.24, 2.45) is 7.05 Å². The number of thiophene rings is 1. The van der Waals surface area contributed by atoms with E-state index in [1.807, 2.05) is 49.0 Å². The quantitative estimate of drug-likeness (QED) is 0.800. The van der Waals surface area contributed by atoms with Crippen molar-refractivity contribution in [3.63, 3.8) is 0 Å². The Kier molecular flexibility index (Phi) is 3.51. The lowest BCUT2D eigenvalue weighted by atomic mass is 10.1. The number of benzene rings is 1. The molecule has 3 aromatic rings. The number of aromatic nitrogens is 2. The highest BCUT2D eigenvalue weighted by atomic mass is 32.1. The SMILES string of the molecule is CCc1ccc(NC(=O)c2cc3c(C)nn(C)c3s2)cc1. The second-order valence-corrected chi connectivity index (χ2v) is 6.07. The Morgan fingerprint density at radius 2 is 2.05 bits per heavy atom. The zero-order valence-corrected chi connectivity index (χ0v) is 13.1. The van der Waals surface area contributed by atoms with Crippen molar-refractivity contribution in [3.8, 4) is 0 Å². The molecule has 0 spiro atoms. The van der Waals surface area contributed by atoms with Gasteiger partial charge in [-0.1, -0.05) is 19.1 Å². The van der Waals surface area contributed by atoms with Gasteiger partial charge < -0.3 is 5.32 Å². The summed E-state index contributed by atoms with van der Waals surface area (Å²) < 4.78 is 1.82. The smallest absolute Gasteiger partial charge is 0.265 e. The van der Waals surface area contributed by atoms with E-state index in [-0.39, 0.29) is 5.91 Å². The lowest BCUT2D eigenvalue weighted by Gasteiger charge is -2.04. The molecule has 0 saturated heterocycles. The molecule has 0 fully saturated rings. The third-order valence-electron chi connectivity index (χ3n) is 3.54. The van der Waals surface area contributed by atoms with Crippen LogP contribution in [0.5, 0.6) is 0 Å². The average molecular weight is 299 g/mol. The number of nitrogens with zero attached hydrogens (tertiary/aromatic N) is 2. The predicted molar refractivity (Wildman–Crippen MR) is 87.1 cm³/mol.